The lowest BCUT2D eigenvalue weighted by Crippen LogP contribution is -2.14. The average Bonchev–Trinajstić information content (AvgIpc) is 2.19. The van der Waals surface area contributed by atoms with Gasteiger partial charge in [-0.25, -0.2) is 9.78 Å². The number of aromatic carboxylic acids is 1. The monoisotopic (exact) mass is 241 g/mol. The van der Waals surface area contributed by atoms with Crippen molar-refractivity contribution in [3.8, 4) is 0 Å². The van der Waals surface area contributed by atoms with Gasteiger partial charge in [-0.1, -0.05) is 0 Å². The van der Waals surface area contributed by atoms with Gasteiger partial charge in [-0.05, 0) is 20.2 Å². The van der Waals surface area contributed by atoms with Gasteiger partial charge in [-0.15, -0.1) is 11.8 Å². The topological polar surface area (TPSA) is 79.5 Å². The Morgan fingerprint density at radius 3 is 2.88 bits per heavy atom. The first-order valence-corrected chi connectivity index (χ1v) is 5.75. The Morgan fingerprint density at radius 1 is 1.62 bits per heavy atom. The lowest BCUT2D eigenvalue weighted by Gasteiger charge is -2.08. The highest BCUT2D eigenvalue weighted by Crippen LogP contribution is 2.20. The van der Waals surface area contributed by atoms with Gasteiger partial charge in [0.1, 0.15) is 0 Å². The van der Waals surface area contributed by atoms with Crippen LogP contribution in [0.3, 0.4) is 0 Å². The van der Waals surface area contributed by atoms with E-state index in [4.69, 9.17) is 10.8 Å². The van der Waals surface area contributed by atoms with Crippen LogP contribution >= 0.6 is 11.8 Å². The van der Waals surface area contributed by atoms with E-state index >= 15 is 0 Å². The minimum Gasteiger partial charge on any atom is -0.478 e. The van der Waals surface area contributed by atoms with Gasteiger partial charge in [-0.3, -0.25) is 0 Å². The molecule has 0 spiro atoms. The van der Waals surface area contributed by atoms with Crippen molar-refractivity contribution in [1.29, 1.82) is 0 Å². The highest BCUT2D eigenvalue weighted by Gasteiger charge is 2.09. The summed E-state index contributed by atoms with van der Waals surface area (Å²) in [6, 6.07) is 1.51. The smallest absolute Gasteiger partial charge is 0.337 e. The van der Waals surface area contributed by atoms with E-state index in [2.05, 4.69) is 9.88 Å². The SMILES string of the molecule is CN(C)CCSc1cc(C(=O)O)c(N)cn1. The fourth-order valence-electron chi connectivity index (χ4n) is 1.04. The van der Waals surface area contributed by atoms with Gasteiger partial charge in [0, 0.05) is 12.3 Å². The third-order valence-corrected chi connectivity index (χ3v) is 2.83. The second-order valence-electron chi connectivity index (χ2n) is 3.57. The van der Waals surface area contributed by atoms with E-state index < -0.39 is 5.97 Å². The van der Waals surface area contributed by atoms with Crippen molar-refractivity contribution in [3.63, 3.8) is 0 Å². The Bertz CT molecular complexity index is 382. The molecule has 0 saturated heterocycles. The molecule has 3 N–H and O–H groups in total. The van der Waals surface area contributed by atoms with E-state index in [-0.39, 0.29) is 11.3 Å². The summed E-state index contributed by atoms with van der Waals surface area (Å²) >= 11 is 1.52. The molecule has 1 aromatic heterocycles. The van der Waals surface area contributed by atoms with Crippen LogP contribution in [0.15, 0.2) is 17.3 Å². The Kier molecular flexibility index (Phi) is 4.57. The molecule has 0 aliphatic carbocycles. The maximum absolute atomic E-state index is 10.8. The lowest BCUT2D eigenvalue weighted by atomic mass is 10.2. The number of anilines is 1. The lowest BCUT2D eigenvalue weighted by molar-refractivity contribution is 0.0697. The molecule has 0 saturated carbocycles. The average molecular weight is 241 g/mol. The third kappa shape index (κ3) is 3.71. The first-order valence-electron chi connectivity index (χ1n) is 4.77. The van der Waals surface area contributed by atoms with Gasteiger partial charge in [0.05, 0.1) is 22.5 Å². The molecular weight excluding hydrogens is 226 g/mol. The first-order chi connectivity index (χ1) is 7.50. The number of pyridine rings is 1. The summed E-state index contributed by atoms with van der Waals surface area (Å²) in [6.45, 7) is 0.916. The van der Waals surface area contributed by atoms with Crippen LogP contribution in [-0.2, 0) is 0 Å². The number of nitrogens with zero attached hydrogens (tertiary/aromatic N) is 2. The van der Waals surface area contributed by atoms with Crippen molar-refractivity contribution in [2.24, 2.45) is 0 Å². The minimum absolute atomic E-state index is 0.113. The van der Waals surface area contributed by atoms with Crippen LogP contribution in [-0.4, -0.2) is 47.4 Å². The summed E-state index contributed by atoms with van der Waals surface area (Å²) in [4.78, 5) is 17.0. The molecule has 0 bridgehead atoms. The number of rotatable bonds is 5. The van der Waals surface area contributed by atoms with Gasteiger partial charge in [0.25, 0.3) is 0 Å². The second kappa shape index (κ2) is 5.72. The van der Waals surface area contributed by atoms with Crippen LogP contribution in [0.25, 0.3) is 0 Å². The fourth-order valence-corrected chi connectivity index (χ4v) is 2.04. The summed E-state index contributed by atoms with van der Waals surface area (Å²) in [5.41, 5.74) is 5.82. The summed E-state index contributed by atoms with van der Waals surface area (Å²) in [6.07, 6.45) is 1.39. The van der Waals surface area contributed by atoms with Crippen molar-refractivity contribution in [2.75, 3.05) is 32.1 Å². The second-order valence-corrected chi connectivity index (χ2v) is 4.68. The Balaban J connectivity index is 2.68. The third-order valence-electron chi connectivity index (χ3n) is 1.93. The van der Waals surface area contributed by atoms with Crippen LogP contribution in [0.1, 0.15) is 10.4 Å². The van der Waals surface area contributed by atoms with E-state index in [0.29, 0.717) is 5.03 Å². The molecule has 16 heavy (non-hydrogen) atoms. The molecule has 0 aliphatic heterocycles. The molecule has 6 heteroatoms. The molecule has 0 amide bonds. The summed E-state index contributed by atoms with van der Waals surface area (Å²) in [5, 5.41) is 9.57. The van der Waals surface area contributed by atoms with E-state index in [1.54, 1.807) is 0 Å². The number of carboxylic acid groups (broad SMARTS) is 1. The van der Waals surface area contributed by atoms with Gasteiger partial charge in [0.15, 0.2) is 0 Å². The van der Waals surface area contributed by atoms with E-state index in [1.807, 2.05) is 14.1 Å². The van der Waals surface area contributed by atoms with Crippen LogP contribution in [0, 0.1) is 0 Å². The predicted octanol–water partition coefficient (Wildman–Crippen LogP) is 1.02. The number of nitrogens with two attached hydrogens (primary N) is 1. The maximum Gasteiger partial charge on any atom is 0.337 e. The number of carbonyl (C=O) groups is 1. The molecule has 1 rings (SSSR count). The van der Waals surface area contributed by atoms with Crippen molar-refractivity contribution < 1.29 is 9.90 Å². The van der Waals surface area contributed by atoms with Gasteiger partial charge < -0.3 is 15.7 Å². The molecule has 88 valence electrons. The molecule has 0 aromatic carbocycles. The zero-order chi connectivity index (χ0) is 12.1. The number of nitrogen functional groups attached to an aromatic ring is 1. The highest BCUT2D eigenvalue weighted by atomic mass is 32.2. The molecule has 0 atom stereocenters. The molecule has 0 unspecified atom stereocenters. The van der Waals surface area contributed by atoms with Crippen molar-refractivity contribution in [2.45, 2.75) is 5.03 Å². The number of hydrogen-bond acceptors (Lipinski definition) is 5. The molecule has 0 aliphatic rings. The largest absolute Gasteiger partial charge is 0.478 e. The number of carboxylic acids is 1. The van der Waals surface area contributed by atoms with E-state index in [1.165, 1.54) is 24.0 Å². The standard InChI is InChI=1S/C10H15N3O2S/c1-13(2)3-4-16-9-5-7(10(14)15)8(11)6-12-9/h5-6H,3-4,11H2,1-2H3,(H,14,15). The number of hydrogen-bond donors (Lipinski definition) is 2. The van der Waals surface area contributed by atoms with Crippen LogP contribution in [0.4, 0.5) is 5.69 Å². The first kappa shape index (κ1) is 12.8. The molecule has 0 fully saturated rings. The predicted molar refractivity (Wildman–Crippen MR) is 64.9 cm³/mol. The Hall–Kier alpha value is -1.27. The van der Waals surface area contributed by atoms with Gasteiger partial charge >= 0.3 is 5.97 Å². The van der Waals surface area contributed by atoms with Crippen LogP contribution in [0.2, 0.25) is 0 Å². The van der Waals surface area contributed by atoms with Crippen LogP contribution in [0.5, 0.6) is 0 Å². The highest BCUT2D eigenvalue weighted by molar-refractivity contribution is 7.99. The number of thioether (sulfide) groups is 1. The minimum atomic E-state index is -1.02. The van der Waals surface area contributed by atoms with Crippen molar-refractivity contribution in [3.05, 3.63) is 17.8 Å². The molecule has 0 radical (unpaired) electrons. The van der Waals surface area contributed by atoms with Gasteiger partial charge in [0.2, 0.25) is 0 Å². The quantitative estimate of drug-likeness (QED) is 0.749. The molecule has 1 aromatic rings. The summed E-state index contributed by atoms with van der Waals surface area (Å²) in [7, 11) is 3.97. The van der Waals surface area contributed by atoms with E-state index in [9.17, 15) is 4.79 Å². The molecular formula is C10H15N3O2S. The maximum atomic E-state index is 10.8. The molecule has 5 nitrogen and oxygen atoms in total. The fraction of sp³-hybridized carbons (Fsp3) is 0.400. The van der Waals surface area contributed by atoms with Gasteiger partial charge in [-0.2, -0.15) is 0 Å². The molecule has 1 heterocycles. The summed E-state index contributed by atoms with van der Waals surface area (Å²) in [5.74, 6) is -0.155. The zero-order valence-electron chi connectivity index (χ0n) is 9.30. The van der Waals surface area contributed by atoms with Crippen molar-refractivity contribution >= 4 is 23.4 Å². The Labute approximate surface area is 98.7 Å². The normalized spacial score (nSPS) is 10.7. The summed E-state index contributed by atoms with van der Waals surface area (Å²) < 4.78 is 0. The van der Waals surface area contributed by atoms with Crippen LogP contribution < -0.4 is 5.73 Å². The number of aromatic nitrogens is 1. The van der Waals surface area contributed by atoms with E-state index in [0.717, 1.165) is 12.3 Å². The zero-order valence-corrected chi connectivity index (χ0v) is 10.1. The van der Waals surface area contributed by atoms with Crippen molar-refractivity contribution in [1.82, 2.24) is 9.88 Å². The Morgan fingerprint density at radius 2 is 2.31 bits per heavy atom.